The van der Waals surface area contributed by atoms with Crippen LogP contribution in [0.25, 0.3) is 0 Å². The summed E-state index contributed by atoms with van der Waals surface area (Å²) in [6, 6.07) is 3.37. The maximum absolute atomic E-state index is 11.9. The highest BCUT2D eigenvalue weighted by atomic mass is 16.2. The molecule has 1 aliphatic rings. The van der Waals surface area contributed by atoms with Crippen molar-refractivity contribution in [2.24, 2.45) is 5.73 Å². The van der Waals surface area contributed by atoms with Gasteiger partial charge in [0.1, 0.15) is 0 Å². The molecule has 2 N–H and O–H groups in total. The first-order chi connectivity index (χ1) is 7.29. The zero-order valence-corrected chi connectivity index (χ0v) is 8.60. The van der Waals surface area contributed by atoms with Crippen LogP contribution in [0.15, 0.2) is 24.5 Å². The van der Waals surface area contributed by atoms with E-state index in [9.17, 15) is 4.79 Å². The molecule has 15 heavy (non-hydrogen) atoms. The molecule has 0 bridgehead atoms. The second kappa shape index (κ2) is 4.40. The topological polar surface area (TPSA) is 59.2 Å². The molecule has 2 heterocycles. The van der Waals surface area contributed by atoms with Gasteiger partial charge in [-0.25, -0.2) is 0 Å². The largest absolute Gasteiger partial charge is 0.320 e. The zero-order chi connectivity index (χ0) is 10.7. The van der Waals surface area contributed by atoms with Crippen molar-refractivity contribution in [3.63, 3.8) is 0 Å². The van der Waals surface area contributed by atoms with E-state index in [2.05, 4.69) is 4.98 Å². The Morgan fingerprint density at radius 3 is 3.07 bits per heavy atom. The standard InChI is InChI=1S/C11H15N3O/c12-10-5-1-2-7-14(11(10)15)9-4-3-6-13-8-9/h3-4,6,8,10H,1-2,5,7,12H2/t10-/m0/s1. The Kier molecular flexibility index (Phi) is 2.97. The molecule has 0 unspecified atom stereocenters. The molecular weight excluding hydrogens is 190 g/mol. The van der Waals surface area contributed by atoms with E-state index in [1.54, 1.807) is 17.3 Å². The molecule has 1 fully saturated rings. The third-order valence-corrected chi connectivity index (χ3v) is 2.69. The van der Waals surface area contributed by atoms with Gasteiger partial charge in [-0.05, 0) is 31.4 Å². The number of carbonyl (C=O) groups is 1. The third-order valence-electron chi connectivity index (χ3n) is 2.69. The lowest BCUT2D eigenvalue weighted by Crippen LogP contribution is -2.42. The van der Waals surface area contributed by atoms with Crippen molar-refractivity contribution in [2.45, 2.75) is 25.3 Å². The Labute approximate surface area is 89.1 Å². The van der Waals surface area contributed by atoms with Crippen LogP contribution in [0.5, 0.6) is 0 Å². The molecule has 1 aromatic heterocycles. The van der Waals surface area contributed by atoms with Gasteiger partial charge in [-0.1, -0.05) is 0 Å². The van der Waals surface area contributed by atoms with Crippen molar-refractivity contribution >= 4 is 11.6 Å². The Bertz CT molecular complexity index is 339. The molecule has 0 radical (unpaired) electrons. The Balaban J connectivity index is 2.23. The first-order valence-corrected chi connectivity index (χ1v) is 5.26. The van der Waals surface area contributed by atoms with Crippen molar-refractivity contribution in [3.05, 3.63) is 24.5 Å². The van der Waals surface area contributed by atoms with E-state index in [0.717, 1.165) is 31.5 Å². The maximum atomic E-state index is 11.9. The van der Waals surface area contributed by atoms with Crippen LogP contribution in [-0.2, 0) is 4.79 Å². The average molecular weight is 205 g/mol. The molecule has 1 atom stereocenters. The predicted molar refractivity (Wildman–Crippen MR) is 58.4 cm³/mol. The van der Waals surface area contributed by atoms with Gasteiger partial charge in [0.15, 0.2) is 0 Å². The van der Waals surface area contributed by atoms with Crippen LogP contribution in [0.2, 0.25) is 0 Å². The first kappa shape index (κ1) is 10.1. The van der Waals surface area contributed by atoms with Gasteiger partial charge >= 0.3 is 0 Å². The molecule has 4 heteroatoms. The summed E-state index contributed by atoms with van der Waals surface area (Å²) in [5.74, 6) is 0.0144. The maximum Gasteiger partial charge on any atom is 0.243 e. The van der Waals surface area contributed by atoms with Gasteiger partial charge < -0.3 is 10.6 Å². The van der Waals surface area contributed by atoms with Crippen molar-refractivity contribution in [1.82, 2.24) is 4.98 Å². The molecule has 4 nitrogen and oxygen atoms in total. The summed E-state index contributed by atoms with van der Waals surface area (Å²) in [4.78, 5) is 17.7. The van der Waals surface area contributed by atoms with E-state index >= 15 is 0 Å². The summed E-state index contributed by atoms with van der Waals surface area (Å²) in [5, 5.41) is 0. The fourth-order valence-corrected chi connectivity index (χ4v) is 1.84. The van der Waals surface area contributed by atoms with Gasteiger partial charge in [-0.2, -0.15) is 0 Å². The van der Waals surface area contributed by atoms with Crippen molar-refractivity contribution in [3.8, 4) is 0 Å². The van der Waals surface area contributed by atoms with Crippen LogP contribution in [0.1, 0.15) is 19.3 Å². The molecular formula is C11H15N3O. The van der Waals surface area contributed by atoms with E-state index < -0.39 is 0 Å². The SMILES string of the molecule is N[C@H]1CCCCN(c2cccnc2)C1=O. The number of nitrogens with two attached hydrogens (primary N) is 1. The van der Waals surface area contributed by atoms with Crippen molar-refractivity contribution in [2.75, 3.05) is 11.4 Å². The third kappa shape index (κ3) is 2.15. The fraction of sp³-hybridized carbons (Fsp3) is 0.455. The molecule has 80 valence electrons. The molecule has 1 saturated heterocycles. The smallest absolute Gasteiger partial charge is 0.243 e. The summed E-state index contributed by atoms with van der Waals surface area (Å²) in [6.07, 6.45) is 6.22. The molecule has 1 aliphatic heterocycles. The number of rotatable bonds is 1. The van der Waals surface area contributed by atoms with Crippen LogP contribution in [-0.4, -0.2) is 23.5 Å². The lowest BCUT2D eigenvalue weighted by atomic mass is 10.1. The summed E-state index contributed by atoms with van der Waals surface area (Å²) in [7, 11) is 0. The van der Waals surface area contributed by atoms with E-state index in [-0.39, 0.29) is 11.9 Å². The minimum atomic E-state index is -0.354. The lowest BCUT2D eigenvalue weighted by Gasteiger charge is -2.22. The van der Waals surface area contributed by atoms with Crippen LogP contribution in [0.4, 0.5) is 5.69 Å². The summed E-state index contributed by atoms with van der Waals surface area (Å²) in [5.41, 5.74) is 6.64. The van der Waals surface area contributed by atoms with Gasteiger partial charge in [-0.3, -0.25) is 9.78 Å². The van der Waals surface area contributed by atoms with Gasteiger partial charge in [0.25, 0.3) is 0 Å². The predicted octanol–water partition coefficient (Wildman–Crippen LogP) is 0.926. The minimum Gasteiger partial charge on any atom is -0.320 e. The number of hydrogen-bond acceptors (Lipinski definition) is 3. The Morgan fingerprint density at radius 2 is 2.33 bits per heavy atom. The monoisotopic (exact) mass is 205 g/mol. The van der Waals surface area contributed by atoms with Gasteiger partial charge in [0.2, 0.25) is 5.91 Å². The summed E-state index contributed by atoms with van der Waals surface area (Å²) in [6.45, 7) is 0.748. The van der Waals surface area contributed by atoms with Crippen LogP contribution in [0, 0.1) is 0 Å². The second-order valence-electron chi connectivity index (χ2n) is 3.80. The lowest BCUT2D eigenvalue weighted by molar-refractivity contribution is -0.119. The minimum absolute atomic E-state index is 0.0144. The number of amides is 1. The normalized spacial score (nSPS) is 22.6. The zero-order valence-electron chi connectivity index (χ0n) is 8.60. The molecule has 0 saturated carbocycles. The average Bonchev–Trinajstić information content (AvgIpc) is 2.44. The summed E-state index contributed by atoms with van der Waals surface area (Å²) < 4.78 is 0. The number of anilines is 1. The number of aromatic nitrogens is 1. The molecule has 0 spiro atoms. The van der Waals surface area contributed by atoms with Crippen LogP contribution in [0.3, 0.4) is 0 Å². The van der Waals surface area contributed by atoms with E-state index in [4.69, 9.17) is 5.73 Å². The Hall–Kier alpha value is -1.42. The highest BCUT2D eigenvalue weighted by Gasteiger charge is 2.24. The summed E-state index contributed by atoms with van der Waals surface area (Å²) >= 11 is 0. The van der Waals surface area contributed by atoms with Crippen molar-refractivity contribution < 1.29 is 4.79 Å². The number of hydrogen-bond donors (Lipinski definition) is 1. The fourth-order valence-electron chi connectivity index (χ4n) is 1.84. The van der Waals surface area contributed by atoms with E-state index in [1.807, 2.05) is 12.1 Å². The quantitative estimate of drug-likeness (QED) is 0.741. The van der Waals surface area contributed by atoms with E-state index in [0.29, 0.717) is 0 Å². The number of carbonyl (C=O) groups excluding carboxylic acids is 1. The van der Waals surface area contributed by atoms with Gasteiger partial charge in [0.05, 0.1) is 17.9 Å². The van der Waals surface area contributed by atoms with E-state index in [1.165, 1.54) is 0 Å². The second-order valence-corrected chi connectivity index (χ2v) is 3.80. The highest BCUT2D eigenvalue weighted by Crippen LogP contribution is 2.18. The van der Waals surface area contributed by atoms with Crippen LogP contribution >= 0.6 is 0 Å². The van der Waals surface area contributed by atoms with Gasteiger partial charge in [0, 0.05) is 12.7 Å². The Morgan fingerprint density at radius 1 is 1.47 bits per heavy atom. The molecule has 1 aromatic rings. The number of nitrogens with zero attached hydrogens (tertiary/aromatic N) is 2. The molecule has 1 amide bonds. The molecule has 0 aliphatic carbocycles. The highest BCUT2D eigenvalue weighted by molar-refractivity contribution is 5.97. The number of pyridine rings is 1. The molecule has 2 rings (SSSR count). The van der Waals surface area contributed by atoms with Crippen molar-refractivity contribution in [1.29, 1.82) is 0 Å². The first-order valence-electron chi connectivity index (χ1n) is 5.26. The molecule has 0 aromatic carbocycles. The van der Waals surface area contributed by atoms with Crippen LogP contribution < -0.4 is 10.6 Å². The van der Waals surface area contributed by atoms with Gasteiger partial charge in [-0.15, -0.1) is 0 Å².